The van der Waals surface area contributed by atoms with Crippen LogP contribution in [0, 0.1) is 0 Å². The molecule has 1 aliphatic rings. The minimum absolute atomic E-state index is 0.0826. The fourth-order valence-electron chi connectivity index (χ4n) is 2.27. The smallest absolute Gasteiger partial charge is 0.301 e. The third kappa shape index (κ3) is 3.34. The Bertz CT molecular complexity index is 551. The molecule has 20 heavy (non-hydrogen) atoms. The lowest BCUT2D eigenvalue weighted by molar-refractivity contribution is 0.408. The van der Waals surface area contributed by atoms with E-state index >= 15 is 0 Å². The summed E-state index contributed by atoms with van der Waals surface area (Å²) in [5, 5.41) is 9.81. The molecule has 112 valence electrons. The highest BCUT2D eigenvalue weighted by Gasteiger charge is 2.25. The zero-order chi connectivity index (χ0) is 14.6. The van der Waals surface area contributed by atoms with Gasteiger partial charge in [0.15, 0.2) is 0 Å². The molecule has 0 spiro atoms. The zero-order valence-corrected chi connectivity index (χ0v) is 12.3. The number of methoxy groups -OCH3 is 1. The fraction of sp³-hybridized carbons (Fsp3) is 0.538. The summed E-state index contributed by atoms with van der Waals surface area (Å²) in [6, 6.07) is 4.61. The molecule has 1 heterocycles. The highest BCUT2D eigenvalue weighted by Crippen LogP contribution is 2.34. The zero-order valence-electron chi connectivity index (χ0n) is 11.5. The first-order valence-corrected chi connectivity index (χ1v) is 8.12. The Morgan fingerprint density at radius 1 is 1.20 bits per heavy atom. The minimum atomic E-state index is -3.67. The molecule has 0 saturated carbocycles. The number of aromatic hydroxyl groups is 1. The average Bonchev–Trinajstić information content (AvgIpc) is 2.70. The summed E-state index contributed by atoms with van der Waals surface area (Å²) in [7, 11) is -2.24. The highest BCUT2D eigenvalue weighted by atomic mass is 32.2. The van der Waals surface area contributed by atoms with Crippen LogP contribution < -0.4 is 9.46 Å². The number of benzene rings is 1. The van der Waals surface area contributed by atoms with Crippen LogP contribution in [0.3, 0.4) is 0 Å². The molecule has 1 aliphatic heterocycles. The Balaban J connectivity index is 2.23. The van der Waals surface area contributed by atoms with Crippen LogP contribution in [0.25, 0.3) is 0 Å². The summed E-state index contributed by atoms with van der Waals surface area (Å²) in [4.78, 5) is 0. The van der Waals surface area contributed by atoms with Crippen LogP contribution in [-0.4, -0.2) is 38.0 Å². The largest absolute Gasteiger partial charge is 0.506 e. The van der Waals surface area contributed by atoms with Gasteiger partial charge >= 0.3 is 10.2 Å². The van der Waals surface area contributed by atoms with Crippen LogP contribution in [0.1, 0.15) is 25.7 Å². The van der Waals surface area contributed by atoms with Crippen LogP contribution in [0.2, 0.25) is 0 Å². The SMILES string of the molecule is COc1cccc(O)c1NS(=O)(=O)N1CCCCCC1. The Morgan fingerprint density at radius 3 is 2.45 bits per heavy atom. The number of phenols is 1. The van der Waals surface area contributed by atoms with Crippen molar-refractivity contribution in [3.8, 4) is 11.5 Å². The second-order valence-electron chi connectivity index (χ2n) is 4.77. The van der Waals surface area contributed by atoms with Crippen molar-refractivity contribution in [1.82, 2.24) is 4.31 Å². The normalized spacial score (nSPS) is 17.4. The molecule has 1 saturated heterocycles. The molecule has 1 fully saturated rings. The molecule has 0 unspecified atom stereocenters. The highest BCUT2D eigenvalue weighted by molar-refractivity contribution is 7.90. The molecule has 7 heteroatoms. The molecule has 1 aromatic rings. The van der Waals surface area contributed by atoms with Gasteiger partial charge in [0.25, 0.3) is 0 Å². The summed E-state index contributed by atoms with van der Waals surface area (Å²) in [6.07, 6.45) is 3.81. The topological polar surface area (TPSA) is 78.9 Å². The Kier molecular flexibility index (Phi) is 4.72. The number of hydrogen-bond donors (Lipinski definition) is 2. The fourth-order valence-corrected chi connectivity index (χ4v) is 3.60. The second kappa shape index (κ2) is 6.32. The standard InChI is InChI=1S/C13H20N2O4S/c1-19-12-8-6-7-11(16)13(12)14-20(17,18)15-9-4-2-3-5-10-15/h6-8,14,16H,2-5,9-10H2,1H3. The molecule has 0 bridgehead atoms. The van der Waals surface area contributed by atoms with Crippen molar-refractivity contribution < 1.29 is 18.3 Å². The van der Waals surface area contributed by atoms with Gasteiger partial charge in [0.05, 0.1) is 7.11 Å². The Morgan fingerprint density at radius 2 is 1.85 bits per heavy atom. The van der Waals surface area contributed by atoms with Gasteiger partial charge in [0.1, 0.15) is 17.2 Å². The van der Waals surface area contributed by atoms with Gasteiger partial charge < -0.3 is 9.84 Å². The summed E-state index contributed by atoms with van der Waals surface area (Å²) < 4.78 is 33.7. The summed E-state index contributed by atoms with van der Waals surface area (Å²) in [5.74, 6) is 0.145. The van der Waals surface area contributed by atoms with Crippen LogP contribution in [0.5, 0.6) is 11.5 Å². The summed E-state index contributed by atoms with van der Waals surface area (Å²) in [5.41, 5.74) is 0.0826. The van der Waals surface area contributed by atoms with Gasteiger partial charge in [0, 0.05) is 13.1 Å². The first-order valence-electron chi connectivity index (χ1n) is 6.68. The van der Waals surface area contributed by atoms with Gasteiger partial charge in [-0.05, 0) is 25.0 Å². The lowest BCUT2D eigenvalue weighted by Crippen LogP contribution is -2.36. The molecule has 0 atom stereocenters. The average molecular weight is 300 g/mol. The number of ether oxygens (including phenoxy) is 1. The van der Waals surface area contributed by atoms with Gasteiger partial charge in [-0.1, -0.05) is 18.9 Å². The lowest BCUT2D eigenvalue weighted by atomic mass is 10.2. The predicted molar refractivity (Wildman–Crippen MR) is 77.2 cm³/mol. The molecular formula is C13H20N2O4S. The first kappa shape index (κ1) is 14.9. The van der Waals surface area contributed by atoms with E-state index in [1.807, 2.05) is 0 Å². The van der Waals surface area contributed by atoms with E-state index in [0.29, 0.717) is 18.8 Å². The van der Waals surface area contributed by atoms with Crippen molar-refractivity contribution >= 4 is 15.9 Å². The van der Waals surface area contributed by atoms with E-state index < -0.39 is 10.2 Å². The third-order valence-electron chi connectivity index (χ3n) is 3.36. The van der Waals surface area contributed by atoms with E-state index in [0.717, 1.165) is 25.7 Å². The quantitative estimate of drug-likeness (QED) is 0.833. The maximum atomic E-state index is 12.4. The van der Waals surface area contributed by atoms with Crippen LogP contribution in [0.4, 0.5) is 5.69 Å². The maximum Gasteiger partial charge on any atom is 0.301 e. The monoisotopic (exact) mass is 300 g/mol. The van der Waals surface area contributed by atoms with Crippen molar-refractivity contribution in [2.24, 2.45) is 0 Å². The van der Waals surface area contributed by atoms with E-state index in [2.05, 4.69) is 4.72 Å². The molecule has 0 radical (unpaired) electrons. The molecule has 2 N–H and O–H groups in total. The van der Waals surface area contributed by atoms with Crippen molar-refractivity contribution in [3.05, 3.63) is 18.2 Å². The van der Waals surface area contributed by atoms with E-state index in [1.165, 1.54) is 17.5 Å². The number of anilines is 1. The summed E-state index contributed by atoms with van der Waals surface area (Å²) in [6.45, 7) is 1.01. The van der Waals surface area contributed by atoms with Gasteiger partial charge in [0.2, 0.25) is 0 Å². The van der Waals surface area contributed by atoms with Crippen LogP contribution in [-0.2, 0) is 10.2 Å². The minimum Gasteiger partial charge on any atom is -0.506 e. The van der Waals surface area contributed by atoms with Gasteiger partial charge in [-0.15, -0.1) is 0 Å². The van der Waals surface area contributed by atoms with Crippen molar-refractivity contribution in [1.29, 1.82) is 0 Å². The Labute approximate surface area is 119 Å². The Hall–Kier alpha value is -1.47. The van der Waals surface area contributed by atoms with Crippen LogP contribution in [0.15, 0.2) is 18.2 Å². The van der Waals surface area contributed by atoms with E-state index in [4.69, 9.17) is 4.74 Å². The summed E-state index contributed by atoms with van der Waals surface area (Å²) >= 11 is 0. The van der Waals surface area contributed by atoms with Crippen molar-refractivity contribution in [2.45, 2.75) is 25.7 Å². The number of para-hydroxylation sites is 1. The molecule has 6 nitrogen and oxygen atoms in total. The predicted octanol–water partition coefficient (Wildman–Crippen LogP) is 1.93. The van der Waals surface area contributed by atoms with Crippen LogP contribution >= 0.6 is 0 Å². The van der Waals surface area contributed by atoms with Crippen molar-refractivity contribution in [3.63, 3.8) is 0 Å². The maximum absolute atomic E-state index is 12.4. The third-order valence-corrected chi connectivity index (χ3v) is 4.87. The number of nitrogens with one attached hydrogen (secondary N) is 1. The molecular weight excluding hydrogens is 280 g/mol. The van der Waals surface area contributed by atoms with Crippen molar-refractivity contribution in [2.75, 3.05) is 24.9 Å². The number of phenolic OH excluding ortho intramolecular Hbond substituents is 1. The van der Waals surface area contributed by atoms with Gasteiger partial charge in [-0.3, -0.25) is 4.72 Å². The number of rotatable bonds is 4. The number of nitrogens with zero attached hydrogens (tertiary/aromatic N) is 1. The first-order chi connectivity index (χ1) is 9.54. The van der Waals surface area contributed by atoms with E-state index in [1.54, 1.807) is 12.1 Å². The molecule has 0 aliphatic carbocycles. The molecule has 2 rings (SSSR count). The second-order valence-corrected chi connectivity index (χ2v) is 6.45. The lowest BCUT2D eigenvalue weighted by Gasteiger charge is -2.22. The van der Waals surface area contributed by atoms with E-state index in [-0.39, 0.29) is 11.4 Å². The molecule has 0 aromatic heterocycles. The van der Waals surface area contributed by atoms with Gasteiger partial charge in [-0.2, -0.15) is 12.7 Å². The molecule has 1 aromatic carbocycles. The van der Waals surface area contributed by atoms with Gasteiger partial charge in [-0.25, -0.2) is 0 Å². The number of hydrogen-bond acceptors (Lipinski definition) is 4. The van der Waals surface area contributed by atoms with E-state index in [9.17, 15) is 13.5 Å². The molecule has 0 amide bonds.